The molecule has 4 atom stereocenters. The number of ether oxygens (including phenoxy) is 1. The van der Waals surface area contributed by atoms with E-state index in [1.165, 1.54) is 12.1 Å². The first-order valence-corrected chi connectivity index (χ1v) is 10.2. The lowest BCUT2D eigenvalue weighted by molar-refractivity contribution is -0.299. The van der Waals surface area contributed by atoms with E-state index in [4.69, 9.17) is 4.74 Å². The van der Waals surface area contributed by atoms with Crippen LogP contribution in [0, 0.1) is 23.1 Å². The van der Waals surface area contributed by atoms with Gasteiger partial charge < -0.3 is 9.84 Å². The minimum absolute atomic E-state index is 0.0392. The van der Waals surface area contributed by atoms with Gasteiger partial charge in [-0.1, -0.05) is 40.2 Å². The summed E-state index contributed by atoms with van der Waals surface area (Å²) in [6, 6.07) is 16.3. The third-order valence-electron chi connectivity index (χ3n) is 5.47. The van der Waals surface area contributed by atoms with Gasteiger partial charge in [0.2, 0.25) is 6.41 Å². The van der Waals surface area contributed by atoms with Crippen molar-refractivity contribution in [1.82, 2.24) is 4.90 Å². The maximum Gasteiger partial charge on any atom is 0.217 e. The van der Waals surface area contributed by atoms with Gasteiger partial charge in [0.25, 0.3) is 0 Å². The number of aliphatic hydroxyl groups excluding tert-OH is 1. The van der Waals surface area contributed by atoms with Crippen LogP contribution < -0.4 is 0 Å². The summed E-state index contributed by atoms with van der Waals surface area (Å²) in [5, 5.41) is 20.1. The first kappa shape index (κ1) is 20.9. The predicted molar refractivity (Wildman–Crippen MR) is 108 cm³/mol. The Morgan fingerprint density at radius 3 is 2.46 bits per heavy atom. The van der Waals surface area contributed by atoms with Crippen LogP contribution in [0.25, 0.3) is 0 Å². The van der Waals surface area contributed by atoms with Gasteiger partial charge in [0.1, 0.15) is 11.4 Å². The molecule has 148 valence electrons. The highest BCUT2D eigenvalue weighted by atomic mass is 79.9. The normalized spacial score (nSPS) is 25.1. The molecule has 2 unspecified atom stereocenters. The van der Waals surface area contributed by atoms with Gasteiger partial charge in [-0.05, 0) is 62.1 Å². The number of hydrogen-bond acceptors (Lipinski definition) is 4. The molecule has 0 spiro atoms. The van der Waals surface area contributed by atoms with Crippen LogP contribution in [-0.2, 0) is 10.3 Å². The third kappa shape index (κ3) is 4.44. The van der Waals surface area contributed by atoms with E-state index in [-0.39, 0.29) is 17.8 Å². The Labute approximate surface area is 173 Å². The molecule has 6 heteroatoms. The van der Waals surface area contributed by atoms with Crippen molar-refractivity contribution in [2.75, 3.05) is 6.54 Å². The second kappa shape index (κ2) is 8.71. The number of nitrogens with zero attached hydrogens (tertiary/aromatic N) is 2. The van der Waals surface area contributed by atoms with Gasteiger partial charge in [-0.25, -0.2) is 9.29 Å². The van der Waals surface area contributed by atoms with E-state index in [2.05, 4.69) is 22.0 Å². The molecule has 0 aromatic heterocycles. The van der Waals surface area contributed by atoms with E-state index in [1.54, 1.807) is 12.1 Å². The highest BCUT2D eigenvalue weighted by Gasteiger charge is 2.43. The fraction of sp³-hybridized carbons (Fsp3) is 0.409. The van der Waals surface area contributed by atoms with Crippen molar-refractivity contribution in [3.8, 4) is 6.07 Å². The molecule has 1 aliphatic rings. The standard InChI is InChI=1S/C22H24BrFN2O2/c1-15(14-25)13-22(18-5-9-20(24)10-6-18)11-12-26(21(27)28-22)16(2)17-3-7-19(23)8-4-17/h3-10,15-16,21,27H,11-13H2,1-2H3/t15?,16-,21?,22-/m0/s1. The van der Waals surface area contributed by atoms with Crippen LogP contribution >= 0.6 is 15.9 Å². The molecule has 2 aromatic carbocycles. The summed E-state index contributed by atoms with van der Waals surface area (Å²) in [6.45, 7) is 4.45. The van der Waals surface area contributed by atoms with E-state index >= 15 is 0 Å². The molecular formula is C22H24BrFN2O2. The van der Waals surface area contributed by atoms with Crippen LogP contribution in [-0.4, -0.2) is 23.0 Å². The van der Waals surface area contributed by atoms with Crippen molar-refractivity contribution in [3.63, 3.8) is 0 Å². The number of halogens is 2. The van der Waals surface area contributed by atoms with Gasteiger partial charge >= 0.3 is 0 Å². The van der Waals surface area contributed by atoms with Gasteiger partial charge in [-0.3, -0.25) is 0 Å². The lowest BCUT2D eigenvalue weighted by Gasteiger charge is -2.47. The summed E-state index contributed by atoms with van der Waals surface area (Å²) < 4.78 is 20.6. The van der Waals surface area contributed by atoms with Crippen molar-refractivity contribution in [2.24, 2.45) is 5.92 Å². The Hall–Kier alpha value is -1.78. The second-order valence-corrected chi connectivity index (χ2v) is 8.31. The van der Waals surface area contributed by atoms with Crippen molar-refractivity contribution in [2.45, 2.75) is 44.7 Å². The zero-order valence-electron chi connectivity index (χ0n) is 16.0. The minimum atomic E-state index is -1.12. The van der Waals surface area contributed by atoms with Gasteiger partial charge in [0.15, 0.2) is 0 Å². The number of nitriles is 1. The molecule has 1 saturated heterocycles. The Bertz CT molecular complexity index is 837. The maximum absolute atomic E-state index is 13.4. The maximum atomic E-state index is 13.4. The van der Waals surface area contributed by atoms with E-state index in [1.807, 2.05) is 43.0 Å². The molecule has 0 radical (unpaired) electrons. The highest BCUT2D eigenvalue weighted by molar-refractivity contribution is 9.10. The number of rotatable bonds is 5. The number of aliphatic hydroxyl groups is 1. The lowest BCUT2D eigenvalue weighted by atomic mass is 9.81. The summed E-state index contributed by atoms with van der Waals surface area (Å²) in [6.07, 6.45) is -0.0849. The van der Waals surface area contributed by atoms with E-state index in [0.29, 0.717) is 19.4 Å². The highest BCUT2D eigenvalue weighted by Crippen LogP contribution is 2.42. The largest absolute Gasteiger partial charge is 0.356 e. The van der Waals surface area contributed by atoms with Crippen LogP contribution in [0.4, 0.5) is 4.39 Å². The quantitative estimate of drug-likeness (QED) is 0.694. The molecule has 1 heterocycles. The predicted octanol–water partition coefficient (Wildman–Crippen LogP) is 5.09. The molecule has 0 amide bonds. The Balaban J connectivity index is 1.85. The molecule has 1 N–H and O–H groups in total. The zero-order valence-corrected chi connectivity index (χ0v) is 17.6. The molecule has 1 aliphatic heterocycles. The molecule has 0 aliphatic carbocycles. The number of benzene rings is 2. The van der Waals surface area contributed by atoms with Crippen molar-refractivity contribution >= 4 is 15.9 Å². The molecular weight excluding hydrogens is 423 g/mol. The topological polar surface area (TPSA) is 56.5 Å². The van der Waals surface area contributed by atoms with E-state index < -0.39 is 12.0 Å². The average molecular weight is 447 g/mol. The van der Waals surface area contributed by atoms with Gasteiger partial charge in [-0.2, -0.15) is 5.26 Å². The lowest BCUT2D eigenvalue weighted by Crippen LogP contribution is -2.52. The van der Waals surface area contributed by atoms with E-state index in [0.717, 1.165) is 15.6 Å². The molecule has 3 rings (SSSR count). The van der Waals surface area contributed by atoms with Crippen molar-refractivity contribution in [1.29, 1.82) is 5.26 Å². The SMILES string of the molecule is CC(C#N)C[C@]1(c2ccc(F)cc2)CCN([C@@H](C)c2ccc(Br)cc2)C(O)O1. The summed E-state index contributed by atoms with van der Waals surface area (Å²) in [5.41, 5.74) is 1.04. The summed E-state index contributed by atoms with van der Waals surface area (Å²) in [4.78, 5) is 1.89. The summed E-state index contributed by atoms with van der Waals surface area (Å²) in [5.74, 6) is -0.582. The summed E-state index contributed by atoms with van der Waals surface area (Å²) >= 11 is 3.44. The molecule has 1 fully saturated rings. The van der Waals surface area contributed by atoms with Crippen LogP contribution in [0.1, 0.15) is 43.9 Å². The molecule has 28 heavy (non-hydrogen) atoms. The Kier molecular flexibility index (Phi) is 6.51. The second-order valence-electron chi connectivity index (χ2n) is 7.39. The van der Waals surface area contributed by atoms with Crippen molar-refractivity contribution < 1.29 is 14.2 Å². The molecule has 2 aromatic rings. The van der Waals surface area contributed by atoms with Gasteiger partial charge in [0, 0.05) is 23.0 Å². The van der Waals surface area contributed by atoms with Crippen LogP contribution in [0.15, 0.2) is 53.0 Å². The first-order chi connectivity index (χ1) is 13.3. The fourth-order valence-electron chi connectivity index (χ4n) is 3.84. The molecule has 0 bridgehead atoms. The van der Waals surface area contributed by atoms with Crippen molar-refractivity contribution in [3.05, 3.63) is 69.9 Å². The van der Waals surface area contributed by atoms with Crippen LogP contribution in [0.3, 0.4) is 0 Å². The third-order valence-corrected chi connectivity index (χ3v) is 5.99. The number of hydrogen-bond donors (Lipinski definition) is 1. The molecule has 0 saturated carbocycles. The van der Waals surface area contributed by atoms with Crippen LogP contribution in [0.2, 0.25) is 0 Å². The average Bonchev–Trinajstić information content (AvgIpc) is 2.68. The monoisotopic (exact) mass is 446 g/mol. The minimum Gasteiger partial charge on any atom is -0.356 e. The van der Waals surface area contributed by atoms with Gasteiger partial charge in [0.05, 0.1) is 6.07 Å². The van der Waals surface area contributed by atoms with Gasteiger partial charge in [-0.15, -0.1) is 0 Å². The smallest absolute Gasteiger partial charge is 0.217 e. The fourth-order valence-corrected chi connectivity index (χ4v) is 4.10. The molecule has 4 nitrogen and oxygen atoms in total. The Morgan fingerprint density at radius 2 is 1.89 bits per heavy atom. The first-order valence-electron chi connectivity index (χ1n) is 9.37. The Morgan fingerprint density at radius 1 is 1.25 bits per heavy atom. The summed E-state index contributed by atoms with van der Waals surface area (Å²) in [7, 11) is 0. The zero-order chi connectivity index (χ0) is 20.3. The van der Waals surface area contributed by atoms with Crippen LogP contribution in [0.5, 0.6) is 0 Å². The van der Waals surface area contributed by atoms with E-state index in [9.17, 15) is 14.8 Å².